The summed E-state index contributed by atoms with van der Waals surface area (Å²) in [5, 5.41) is 0. The Balaban J connectivity index is 1.31. The van der Waals surface area contributed by atoms with Gasteiger partial charge < -0.3 is 4.90 Å². The molecular weight excluding hydrogens is 387 g/mol. The summed E-state index contributed by atoms with van der Waals surface area (Å²) in [6, 6.07) is 27.5. The average molecular weight is 417 g/mol. The van der Waals surface area contributed by atoms with Gasteiger partial charge in [0.1, 0.15) is 5.82 Å². The fourth-order valence-corrected chi connectivity index (χ4v) is 4.37. The zero-order valence-electron chi connectivity index (χ0n) is 17.8. The van der Waals surface area contributed by atoms with E-state index < -0.39 is 0 Å². The molecule has 3 nitrogen and oxygen atoms in total. The highest BCUT2D eigenvalue weighted by Crippen LogP contribution is 2.29. The summed E-state index contributed by atoms with van der Waals surface area (Å²) in [5.41, 5.74) is 3.25. The molecule has 0 atom stereocenters. The monoisotopic (exact) mass is 416 g/mol. The first-order valence-electron chi connectivity index (χ1n) is 11.1. The second-order valence-corrected chi connectivity index (χ2v) is 8.14. The summed E-state index contributed by atoms with van der Waals surface area (Å²) in [5.74, 6) is -0.217. The van der Waals surface area contributed by atoms with Gasteiger partial charge in [-0.15, -0.1) is 0 Å². The van der Waals surface area contributed by atoms with Crippen LogP contribution in [0.5, 0.6) is 0 Å². The maximum absolute atomic E-state index is 13.0. The third-order valence-corrected chi connectivity index (χ3v) is 6.05. The highest BCUT2D eigenvalue weighted by Gasteiger charge is 2.26. The molecule has 31 heavy (non-hydrogen) atoms. The van der Waals surface area contributed by atoms with Crippen LogP contribution in [0.25, 0.3) is 0 Å². The normalized spacial score (nSPS) is 15.3. The Bertz CT molecular complexity index is 912. The Morgan fingerprint density at radius 3 is 1.87 bits per heavy atom. The van der Waals surface area contributed by atoms with E-state index in [9.17, 15) is 9.18 Å². The summed E-state index contributed by atoms with van der Waals surface area (Å²) in [6.07, 6.45) is 1.33. The number of carbonyl (C=O) groups excluding carboxylic acids is 1. The third-order valence-electron chi connectivity index (χ3n) is 6.05. The van der Waals surface area contributed by atoms with Crippen LogP contribution in [-0.4, -0.2) is 48.3 Å². The van der Waals surface area contributed by atoms with Crippen LogP contribution in [0, 0.1) is 5.82 Å². The summed E-state index contributed by atoms with van der Waals surface area (Å²) in [6.45, 7) is 4.92. The Kier molecular flexibility index (Phi) is 7.23. The van der Waals surface area contributed by atoms with Crippen LogP contribution in [0.3, 0.4) is 0 Å². The number of carbonyl (C=O) groups is 1. The molecule has 1 aliphatic rings. The number of ketones is 1. The number of benzene rings is 3. The second-order valence-electron chi connectivity index (χ2n) is 8.14. The van der Waals surface area contributed by atoms with Gasteiger partial charge >= 0.3 is 0 Å². The lowest BCUT2D eigenvalue weighted by molar-refractivity contribution is 0.0942. The molecule has 1 aliphatic heterocycles. The van der Waals surface area contributed by atoms with E-state index in [1.54, 1.807) is 12.1 Å². The molecule has 0 saturated carbocycles. The zero-order valence-corrected chi connectivity index (χ0v) is 17.8. The predicted molar refractivity (Wildman–Crippen MR) is 123 cm³/mol. The minimum Gasteiger partial charge on any atom is -0.301 e. The molecule has 1 fully saturated rings. The summed E-state index contributed by atoms with van der Waals surface area (Å²) < 4.78 is 13.0. The van der Waals surface area contributed by atoms with Crippen molar-refractivity contribution in [3.05, 3.63) is 107 Å². The molecule has 0 amide bonds. The summed E-state index contributed by atoms with van der Waals surface area (Å²) in [7, 11) is 0. The van der Waals surface area contributed by atoms with Gasteiger partial charge in [0.25, 0.3) is 0 Å². The van der Waals surface area contributed by atoms with Gasteiger partial charge in [0.2, 0.25) is 0 Å². The largest absolute Gasteiger partial charge is 0.301 e. The summed E-state index contributed by atoms with van der Waals surface area (Å²) >= 11 is 0. The van der Waals surface area contributed by atoms with Crippen molar-refractivity contribution in [1.29, 1.82) is 0 Å². The number of halogens is 1. The van der Waals surface area contributed by atoms with Gasteiger partial charge in [-0.1, -0.05) is 60.7 Å². The quantitative estimate of drug-likeness (QED) is 0.472. The molecule has 0 aromatic heterocycles. The van der Waals surface area contributed by atoms with E-state index in [1.165, 1.54) is 23.3 Å². The van der Waals surface area contributed by atoms with Crippen molar-refractivity contribution in [2.24, 2.45) is 0 Å². The lowest BCUT2D eigenvalue weighted by Crippen LogP contribution is -2.48. The SMILES string of the molecule is O=C(CCCN1CCN(C(c2ccccc2)c2ccccc2)CC1)c1ccc(F)cc1. The Morgan fingerprint density at radius 1 is 0.774 bits per heavy atom. The topological polar surface area (TPSA) is 23.6 Å². The van der Waals surface area contributed by atoms with Crippen LogP contribution < -0.4 is 0 Å². The van der Waals surface area contributed by atoms with Crippen LogP contribution in [0.15, 0.2) is 84.9 Å². The van der Waals surface area contributed by atoms with E-state index in [4.69, 9.17) is 0 Å². The van der Waals surface area contributed by atoms with Crippen molar-refractivity contribution in [1.82, 2.24) is 9.80 Å². The van der Waals surface area contributed by atoms with E-state index >= 15 is 0 Å². The molecular formula is C27H29FN2O. The Morgan fingerprint density at radius 2 is 1.32 bits per heavy atom. The molecule has 4 heteroatoms. The third kappa shape index (κ3) is 5.66. The molecule has 3 aromatic carbocycles. The molecule has 3 aromatic rings. The maximum atomic E-state index is 13.0. The minimum atomic E-state index is -0.307. The van der Waals surface area contributed by atoms with E-state index in [1.807, 2.05) is 0 Å². The molecule has 0 spiro atoms. The van der Waals surface area contributed by atoms with E-state index in [0.29, 0.717) is 12.0 Å². The first-order chi connectivity index (χ1) is 15.2. The van der Waals surface area contributed by atoms with Gasteiger partial charge in [0.05, 0.1) is 6.04 Å². The lowest BCUT2D eigenvalue weighted by atomic mass is 9.96. The summed E-state index contributed by atoms with van der Waals surface area (Å²) in [4.78, 5) is 17.3. The van der Waals surface area contributed by atoms with Crippen LogP contribution >= 0.6 is 0 Å². The molecule has 0 N–H and O–H groups in total. The molecule has 0 radical (unpaired) electrons. The number of piperazine rings is 1. The standard InChI is InChI=1S/C27H29FN2O/c28-25-15-13-22(14-16-25)26(31)12-7-17-29-18-20-30(21-19-29)27(23-8-3-1-4-9-23)24-10-5-2-6-11-24/h1-6,8-11,13-16,27H,7,12,17-21H2. The minimum absolute atomic E-state index is 0.0897. The fourth-order valence-electron chi connectivity index (χ4n) is 4.37. The maximum Gasteiger partial charge on any atom is 0.162 e. The highest BCUT2D eigenvalue weighted by atomic mass is 19.1. The lowest BCUT2D eigenvalue weighted by Gasteiger charge is -2.39. The van der Waals surface area contributed by atoms with Crippen molar-refractivity contribution in [2.45, 2.75) is 18.9 Å². The molecule has 0 unspecified atom stereocenters. The molecule has 160 valence electrons. The van der Waals surface area contributed by atoms with E-state index in [-0.39, 0.29) is 17.6 Å². The van der Waals surface area contributed by atoms with Crippen LogP contribution in [-0.2, 0) is 0 Å². The number of Topliss-reactive ketones (excluding diaryl/α,β-unsaturated/α-hetero) is 1. The van der Waals surface area contributed by atoms with Crippen molar-refractivity contribution in [2.75, 3.05) is 32.7 Å². The zero-order chi connectivity index (χ0) is 21.5. The smallest absolute Gasteiger partial charge is 0.162 e. The van der Waals surface area contributed by atoms with Gasteiger partial charge in [0.15, 0.2) is 5.78 Å². The average Bonchev–Trinajstić information content (AvgIpc) is 2.82. The van der Waals surface area contributed by atoms with Crippen molar-refractivity contribution in [3.63, 3.8) is 0 Å². The highest BCUT2D eigenvalue weighted by molar-refractivity contribution is 5.95. The molecule has 4 rings (SSSR count). The first kappa shape index (κ1) is 21.4. The van der Waals surface area contributed by atoms with Gasteiger partial charge in [-0.2, -0.15) is 0 Å². The molecule has 0 bridgehead atoms. The number of rotatable bonds is 8. The first-order valence-corrected chi connectivity index (χ1v) is 11.1. The van der Waals surface area contributed by atoms with E-state index in [0.717, 1.165) is 39.1 Å². The molecule has 1 heterocycles. The van der Waals surface area contributed by atoms with E-state index in [2.05, 4.69) is 70.5 Å². The van der Waals surface area contributed by atoms with Crippen molar-refractivity contribution < 1.29 is 9.18 Å². The van der Waals surface area contributed by atoms with Crippen LogP contribution in [0.2, 0.25) is 0 Å². The Hall–Kier alpha value is -2.82. The fraction of sp³-hybridized carbons (Fsp3) is 0.296. The van der Waals surface area contributed by atoms with Gasteiger partial charge in [-0.3, -0.25) is 9.69 Å². The Labute approximate surface area is 184 Å². The van der Waals surface area contributed by atoms with Crippen LogP contribution in [0.1, 0.15) is 40.4 Å². The van der Waals surface area contributed by atoms with Crippen LogP contribution in [0.4, 0.5) is 4.39 Å². The van der Waals surface area contributed by atoms with Gasteiger partial charge in [-0.05, 0) is 48.4 Å². The van der Waals surface area contributed by atoms with Gasteiger partial charge in [-0.25, -0.2) is 4.39 Å². The molecule has 0 aliphatic carbocycles. The number of nitrogens with zero attached hydrogens (tertiary/aromatic N) is 2. The van der Waals surface area contributed by atoms with Crippen molar-refractivity contribution >= 4 is 5.78 Å². The van der Waals surface area contributed by atoms with Crippen molar-refractivity contribution in [3.8, 4) is 0 Å². The van der Waals surface area contributed by atoms with Gasteiger partial charge in [0, 0.05) is 38.2 Å². The molecule has 1 saturated heterocycles. The number of hydrogen-bond donors (Lipinski definition) is 0. The number of hydrogen-bond acceptors (Lipinski definition) is 3. The second kappa shape index (κ2) is 10.5. The predicted octanol–water partition coefficient (Wildman–Crippen LogP) is 5.20.